The predicted octanol–water partition coefficient (Wildman–Crippen LogP) is 1.77. The van der Waals surface area contributed by atoms with E-state index in [4.69, 9.17) is 0 Å². The van der Waals surface area contributed by atoms with Crippen molar-refractivity contribution >= 4 is 27.8 Å². The van der Waals surface area contributed by atoms with Gasteiger partial charge in [-0.1, -0.05) is 12.1 Å². The number of hydrogen-bond donors (Lipinski definition) is 3. The first-order valence-corrected chi connectivity index (χ1v) is 7.93. The largest absolute Gasteiger partial charge is 0.508 e. The molecule has 0 radical (unpaired) electrons. The molecular formula is C15H14N6OS. The monoisotopic (exact) mass is 326 g/mol. The molecule has 0 bridgehead atoms. The number of amidine groups is 2. The predicted molar refractivity (Wildman–Crippen MR) is 90.1 cm³/mol. The minimum Gasteiger partial charge on any atom is -0.508 e. The third-order valence-corrected chi connectivity index (χ3v) is 4.32. The second-order valence-electron chi connectivity index (χ2n) is 5.12. The van der Waals surface area contributed by atoms with Crippen LogP contribution in [-0.2, 0) is 6.42 Å². The van der Waals surface area contributed by atoms with Crippen LogP contribution in [0.2, 0.25) is 0 Å². The maximum Gasteiger partial charge on any atom is 0.211 e. The summed E-state index contributed by atoms with van der Waals surface area (Å²) < 4.78 is 0. The summed E-state index contributed by atoms with van der Waals surface area (Å²) in [5.41, 5.74) is 8.28. The quantitative estimate of drug-likeness (QED) is 0.797. The molecule has 1 fully saturated rings. The second kappa shape index (κ2) is 5.81. The number of pyridine rings is 1. The Hall–Kier alpha value is -2.74. The fourth-order valence-electron chi connectivity index (χ4n) is 2.36. The lowest BCUT2D eigenvalue weighted by Gasteiger charge is -2.21. The van der Waals surface area contributed by atoms with Gasteiger partial charge in [0.05, 0.1) is 11.9 Å². The number of phenolic OH excluding ortho intramolecular Hbond substituents is 1. The van der Waals surface area contributed by atoms with Gasteiger partial charge in [-0.05, 0) is 41.6 Å². The molecule has 116 valence electrons. The van der Waals surface area contributed by atoms with Gasteiger partial charge in [0.1, 0.15) is 11.9 Å². The Balaban J connectivity index is 1.47. The molecule has 2 aromatic rings. The molecule has 2 aliphatic rings. The van der Waals surface area contributed by atoms with Crippen LogP contribution < -0.4 is 10.9 Å². The Morgan fingerprint density at radius 3 is 2.91 bits per heavy atom. The van der Waals surface area contributed by atoms with Crippen LogP contribution in [0.15, 0.2) is 58.9 Å². The SMILES string of the molecule is Oc1ccc(CC2NN=C3SC(=Nc4cccnc4)NN32)cc1. The standard InChI is InChI=1S/C15H14N6OS/c22-12-5-3-10(4-6-12)8-13-18-19-15-21(13)20-14(23-15)17-11-2-1-7-16-9-11/h1-7,9,13,18,22H,8H2,(H,17,20). The molecule has 1 atom stereocenters. The Morgan fingerprint density at radius 1 is 1.26 bits per heavy atom. The highest BCUT2D eigenvalue weighted by atomic mass is 32.2. The van der Waals surface area contributed by atoms with E-state index >= 15 is 0 Å². The van der Waals surface area contributed by atoms with E-state index < -0.39 is 0 Å². The molecule has 8 heteroatoms. The van der Waals surface area contributed by atoms with Gasteiger partial charge in [-0.2, -0.15) is 5.10 Å². The van der Waals surface area contributed by atoms with Crippen molar-refractivity contribution < 1.29 is 5.11 Å². The molecule has 3 heterocycles. The maximum atomic E-state index is 9.36. The zero-order chi connectivity index (χ0) is 15.6. The number of thioether (sulfide) groups is 1. The minimum absolute atomic E-state index is 0.00337. The van der Waals surface area contributed by atoms with Crippen LogP contribution >= 0.6 is 11.8 Å². The highest BCUT2D eigenvalue weighted by Crippen LogP contribution is 2.26. The molecule has 23 heavy (non-hydrogen) atoms. The number of aromatic hydroxyl groups is 1. The van der Waals surface area contributed by atoms with E-state index in [9.17, 15) is 5.11 Å². The van der Waals surface area contributed by atoms with Crippen LogP contribution in [0.3, 0.4) is 0 Å². The highest BCUT2D eigenvalue weighted by Gasteiger charge is 2.35. The summed E-state index contributed by atoms with van der Waals surface area (Å²) in [4.78, 5) is 8.57. The van der Waals surface area contributed by atoms with Crippen molar-refractivity contribution in [3.63, 3.8) is 0 Å². The van der Waals surface area contributed by atoms with Gasteiger partial charge in [0.25, 0.3) is 0 Å². The number of hydrazine groups is 1. The van der Waals surface area contributed by atoms with E-state index in [1.807, 2.05) is 29.3 Å². The van der Waals surface area contributed by atoms with Crippen molar-refractivity contribution in [2.75, 3.05) is 0 Å². The van der Waals surface area contributed by atoms with Crippen molar-refractivity contribution in [1.29, 1.82) is 0 Å². The minimum atomic E-state index is 0.00337. The van der Waals surface area contributed by atoms with E-state index in [0.29, 0.717) is 0 Å². The molecule has 0 saturated carbocycles. The number of rotatable bonds is 3. The number of fused-ring (bicyclic) bond motifs is 1. The van der Waals surface area contributed by atoms with Gasteiger partial charge in [0.15, 0.2) is 5.17 Å². The van der Waals surface area contributed by atoms with E-state index in [1.54, 1.807) is 24.5 Å². The smallest absolute Gasteiger partial charge is 0.211 e. The zero-order valence-corrected chi connectivity index (χ0v) is 12.9. The average Bonchev–Trinajstić information content (AvgIpc) is 3.12. The number of phenols is 1. The van der Waals surface area contributed by atoms with Crippen LogP contribution in [0.1, 0.15) is 5.56 Å². The summed E-state index contributed by atoms with van der Waals surface area (Å²) in [5.74, 6) is 0.269. The first kappa shape index (κ1) is 13.9. The summed E-state index contributed by atoms with van der Waals surface area (Å²) in [6.07, 6.45) is 4.19. The molecule has 3 N–H and O–H groups in total. The Bertz CT molecular complexity index is 761. The molecule has 0 aliphatic carbocycles. The van der Waals surface area contributed by atoms with E-state index in [1.165, 1.54) is 11.8 Å². The lowest BCUT2D eigenvalue weighted by atomic mass is 10.1. The van der Waals surface area contributed by atoms with Gasteiger partial charge < -0.3 is 5.11 Å². The molecule has 7 nitrogen and oxygen atoms in total. The van der Waals surface area contributed by atoms with Gasteiger partial charge in [-0.3, -0.25) is 15.8 Å². The number of aromatic nitrogens is 1. The van der Waals surface area contributed by atoms with Crippen molar-refractivity contribution in [2.24, 2.45) is 10.1 Å². The average molecular weight is 326 g/mol. The summed E-state index contributed by atoms with van der Waals surface area (Å²) in [7, 11) is 0. The number of nitrogens with one attached hydrogen (secondary N) is 2. The van der Waals surface area contributed by atoms with Crippen LogP contribution in [0.5, 0.6) is 5.75 Å². The number of hydrazone groups is 1. The second-order valence-corrected chi connectivity index (χ2v) is 6.08. The van der Waals surface area contributed by atoms with Crippen molar-refractivity contribution in [2.45, 2.75) is 12.6 Å². The fraction of sp³-hybridized carbons (Fsp3) is 0.133. The lowest BCUT2D eigenvalue weighted by Crippen LogP contribution is -2.46. The molecule has 1 aromatic heterocycles. The van der Waals surface area contributed by atoms with Gasteiger partial charge in [-0.25, -0.2) is 10.0 Å². The number of nitrogens with zero attached hydrogens (tertiary/aromatic N) is 4. The summed E-state index contributed by atoms with van der Waals surface area (Å²) in [6, 6.07) is 10.9. The summed E-state index contributed by atoms with van der Waals surface area (Å²) in [6.45, 7) is 0. The topological polar surface area (TPSA) is 85.1 Å². The molecule has 0 amide bonds. The summed E-state index contributed by atoms with van der Waals surface area (Å²) >= 11 is 1.48. The Labute approximate surface area is 137 Å². The van der Waals surface area contributed by atoms with Crippen molar-refractivity contribution in [3.8, 4) is 5.75 Å². The molecule has 2 aliphatic heterocycles. The third kappa shape index (κ3) is 2.93. The number of aliphatic imine (C=N–C) groups is 1. The molecule has 1 unspecified atom stereocenters. The van der Waals surface area contributed by atoms with Crippen LogP contribution in [0.4, 0.5) is 5.69 Å². The number of hydrogen-bond acceptors (Lipinski definition) is 7. The molecule has 1 saturated heterocycles. The molecule has 0 spiro atoms. The normalized spacial score (nSPS) is 20.9. The summed E-state index contributed by atoms with van der Waals surface area (Å²) in [5, 5.41) is 17.3. The van der Waals surface area contributed by atoms with Crippen LogP contribution in [-0.4, -0.2) is 31.6 Å². The van der Waals surface area contributed by atoms with Gasteiger partial charge in [0.2, 0.25) is 5.17 Å². The fourth-order valence-corrected chi connectivity index (χ4v) is 3.20. The van der Waals surface area contributed by atoms with Gasteiger partial charge in [-0.15, -0.1) is 0 Å². The van der Waals surface area contributed by atoms with E-state index in [0.717, 1.165) is 28.0 Å². The Kier molecular flexibility index (Phi) is 3.51. The molecule has 1 aromatic carbocycles. The van der Waals surface area contributed by atoms with Crippen molar-refractivity contribution in [3.05, 3.63) is 54.4 Å². The highest BCUT2D eigenvalue weighted by molar-refractivity contribution is 8.26. The first-order chi connectivity index (χ1) is 11.3. The van der Waals surface area contributed by atoms with E-state index in [2.05, 4.69) is 25.9 Å². The third-order valence-electron chi connectivity index (χ3n) is 3.47. The van der Waals surface area contributed by atoms with Gasteiger partial charge in [0, 0.05) is 12.6 Å². The van der Waals surface area contributed by atoms with E-state index in [-0.39, 0.29) is 11.9 Å². The van der Waals surface area contributed by atoms with Crippen LogP contribution in [0.25, 0.3) is 0 Å². The lowest BCUT2D eigenvalue weighted by molar-refractivity contribution is 0.274. The maximum absolute atomic E-state index is 9.36. The molecule has 4 rings (SSSR count). The van der Waals surface area contributed by atoms with Crippen molar-refractivity contribution in [1.82, 2.24) is 20.8 Å². The van der Waals surface area contributed by atoms with Crippen LogP contribution in [0, 0.1) is 0 Å². The zero-order valence-electron chi connectivity index (χ0n) is 12.0. The first-order valence-electron chi connectivity index (χ1n) is 7.11. The Morgan fingerprint density at radius 2 is 2.13 bits per heavy atom. The molecular weight excluding hydrogens is 312 g/mol. The van der Waals surface area contributed by atoms with Gasteiger partial charge >= 0.3 is 0 Å². The number of benzene rings is 1.